The van der Waals surface area contributed by atoms with E-state index >= 15 is 0 Å². The van der Waals surface area contributed by atoms with Gasteiger partial charge in [-0.15, -0.1) is 10.2 Å². The molecule has 4 aromatic carbocycles. The van der Waals surface area contributed by atoms with Gasteiger partial charge in [-0.05, 0) is 72.3 Å². The zero-order chi connectivity index (χ0) is 29.8. The van der Waals surface area contributed by atoms with Crippen molar-refractivity contribution in [1.82, 2.24) is 19.7 Å². The normalized spacial score (nSPS) is 13.6. The van der Waals surface area contributed by atoms with Gasteiger partial charge in [-0.2, -0.15) is 0 Å². The summed E-state index contributed by atoms with van der Waals surface area (Å²) in [5, 5.41) is 8.20. The summed E-state index contributed by atoms with van der Waals surface area (Å²) in [6.07, 6.45) is 3.30. The van der Waals surface area contributed by atoms with E-state index in [9.17, 15) is 13.2 Å². The molecule has 0 bridgehead atoms. The summed E-state index contributed by atoms with van der Waals surface area (Å²) in [5.41, 5.74) is 3.69. The molecule has 0 atom stereocenters. The van der Waals surface area contributed by atoms with E-state index in [1.54, 1.807) is 54.0 Å². The van der Waals surface area contributed by atoms with Crippen LogP contribution in [0.5, 0.6) is 0 Å². The molecule has 1 saturated heterocycles. The van der Waals surface area contributed by atoms with Gasteiger partial charge in [0, 0.05) is 48.1 Å². The lowest BCUT2D eigenvalue weighted by Gasteiger charge is -2.36. The molecule has 0 aliphatic carbocycles. The second-order valence-electron chi connectivity index (χ2n) is 10.2. The van der Waals surface area contributed by atoms with Crippen LogP contribution in [0.25, 0.3) is 5.69 Å². The number of nitrogens with zero attached hydrogens (tertiary/aromatic N) is 6. The van der Waals surface area contributed by atoms with Crippen LogP contribution in [0.3, 0.4) is 0 Å². The Hall–Kier alpha value is -4.67. The molecule has 0 N–H and O–H groups in total. The quantitative estimate of drug-likeness (QED) is 0.237. The summed E-state index contributed by atoms with van der Waals surface area (Å²) in [6.45, 7) is 2.50. The molecule has 1 aliphatic rings. The maximum absolute atomic E-state index is 14.0. The minimum Gasteiger partial charge on any atom is -0.368 e. The van der Waals surface area contributed by atoms with Crippen LogP contribution in [0.4, 0.5) is 11.4 Å². The van der Waals surface area contributed by atoms with E-state index in [1.165, 1.54) is 16.4 Å². The standard InChI is InChI=1S/C32H29ClN6O3S/c33-27-9-11-30(12-10-27)39(22-25-5-2-1-3-6-25)43(41,42)31-8-4-7-26(21-31)32(40)37-19-17-36(18-20-37)28-13-15-29(16-14-28)38-23-34-35-24-38/h1-16,21,23-24H,17-20,22H2. The van der Waals surface area contributed by atoms with Crippen LogP contribution in [0.2, 0.25) is 5.02 Å². The monoisotopic (exact) mass is 612 g/mol. The average molecular weight is 613 g/mol. The predicted molar refractivity (Wildman–Crippen MR) is 167 cm³/mol. The van der Waals surface area contributed by atoms with Crippen molar-refractivity contribution in [3.8, 4) is 5.69 Å². The lowest BCUT2D eigenvalue weighted by molar-refractivity contribution is 0.0746. The number of sulfonamides is 1. The Balaban J connectivity index is 1.18. The lowest BCUT2D eigenvalue weighted by atomic mass is 10.1. The van der Waals surface area contributed by atoms with E-state index in [2.05, 4.69) is 15.1 Å². The summed E-state index contributed by atoms with van der Waals surface area (Å²) < 4.78 is 31.2. The molecule has 0 radical (unpaired) electrons. The number of halogens is 1. The molecule has 6 rings (SSSR count). The third-order valence-electron chi connectivity index (χ3n) is 7.45. The zero-order valence-corrected chi connectivity index (χ0v) is 24.8. The number of aromatic nitrogens is 3. The van der Waals surface area contributed by atoms with Gasteiger partial charge in [0.15, 0.2) is 0 Å². The summed E-state index contributed by atoms with van der Waals surface area (Å²) in [5.74, 6) is -0.194. The Kier molecular flexibility index (Phi) is 8.13. The Labute approximate surface area is 255 Å². The van der Waals surface area contributed by atoms with Crippen LogP contribution in [0, 0.1) is 0 Å². The molecule has 9 nitrogen and oxygen atoms in total. The Bertz CT molecular complexity index is 1790. The first-order valence-electron chi connectivity index (χ1n) is 13.8. The number of hydrogen-bond acceptors (Lipinski definition) is 6. The van der Waals surface area contributed by atoms with Crippen molar-refractivity contribution in [1.29, 1.82) is 0 Å². The Morgan fingerprint density at radius 3 is 2.09 bits per heavy atom. The molecule has 1 aliphatic heterocycles. The van der Waals surface area contributed by atoms with Crippen LogP contribution >= 0.6 is 11.6 Å². The van der Waals surface area contributed by atoms with Gasteiger partial charge in [0.05, 0.1) is 17.1 Å². The summed E-state index contributed by atoms with van der Waals surface area (Å²) >= 11 is 6.09. The van der Waals surface area contributed by atoms with Gasteiger partial charge in [0.2, 0.25) is 0 Å². The molecule has 0 unspecified atom stereocenters. The van der Waals surface area contributed by atoms with Crippen LogP contribution in [-0.4, -0.2) is 60.2 Å². The van der Waals surface area contributed by atoms with E-state index in [0.29, 0.717) is 42.5 Å². The third kappa shape index (κ3) is 6.25. The SMILES string of the molecule is O=C(c1cccc(S(=O)(=O)N(Cc2ccccc2)c2ccc(Cl)cc2)c1)N1CCN(c2ccc(-n3cnnc3)cc2)CC1. The number of anilines is 2. The van der Waals surface area contributed by atoms with Crippen molar-refractivity contribution in [3.63, 3.8) is 0 Å². The number of amides is 1. The third-order valence-corrected chi connectivity index (χ3v) is 9.47. The largest absolute Gasteiger partial charge is 0.368 e. The fraction of sp³-hybridized carbons (Fsp3) is 0.156. The van der Waals surface area contributed by atoms with E-state index in [0.717, 1.165) is 16.9 Å². The van der Waals surface area contributed by atoms with Crippen molar-refractivity contribution >= 4 is 38.9 Å². The lowest BCUT2D eigenvalue weighted by Crippen LogP contribution is -2.48. The van der Waals surface area contributed by atoms with E-state index in [1.807, 2.05) is 59.2 Å². The zero-order valence-electron chi connectivity index (χ0n) is 23.2. The number of carbonyl (C=O) groups excluding carboxylic acids is 1. The summed E-state index contributed by atoms with van der Waals surface area (Å²) in [7, 11) is -4.01. The molecule has 43 heavy (non-hydrogen) atoms. The highest BCUT2D eigenvalue weighted by molar-refractivity contribution is 7.92. The number of benzene rings is 4. The molecule has 1 aromatic heterocycles. The highest BCUT2D eigenvalue weighted by Crippen LogP contribution is 2.28. The van der Waals surface area contributed by atoms with Crippen molar-refractivity contribution in [2.24, 2.45) is 0 Å². The molecule has 1 fully saturated rings. The number of carbonyl (C=O) groups is 1. The fourth-order valence-corrected chi connectivity index (χ4v) is 6.73. The molecule has 2 heterocycles. The van der Waals surface area contributed by atoms with Crippen molar-refractivity contribution in [2.75, 3.05) is 35.4 Å². The first kappa shape index (κ1) is 28.4. The molecular weight excluding hydrogens is 584 g/mol. The van der Waals surface area contributed by atoms with Gasteiger partial charge in [0.25, 0.3) is 15.9 Å². The number of hydrogen-bond donors (Lipinski definition) is 0. The van der Waals surface area contributed by atoms with Crippen molar-refractivity contribution in [2.45, 2.75) is 11.4 Å². The fourth-order valence-electron chi connectivity index (χ4n) is 5.11. The minimum absolute atomic E-state index is 0.0519. The van der Waals surface area contributed by atoms with E-state index in [-0.39, 0.29) is 17.3 Å². The van der Waals surface area contributed by atoms with Gasteiger partial charge in [-0.1, -0.05) is 48.0 Å². The predicted octanol–water partition coefficient (Wildman–Crippen LogP) is 5.28. The van der Waals surface area contributed by atoms with Crippen molar-refractivity contribution < 1.29 is 13.2 Å². The Morgan fingerprint density at radius 1 is 0.767 bits per heavy atom. The Morgan fingerprint density at radius 2 is 1.42 bits per heavy atom. The second-order valence-corrected chi connectivity index (χ2v) is 12.5. The summed E-state index contributed by atoms with van der Waals surface area (Å²) in [4.78, 5) is 17.6. The van der Waals surface area contributed by atoms with E-state index in [4.69, 9.17) is 11.6 Å². The van der Waals surface area contributed by atoms with E-state index < -0.39 is 10.0 Å². The highest BCUT2D eigenvalue weighted by atomic mass is 35.5. The number of rotatable bonds is 8. The van der Waals surface area contributed by atoms with Gasteiger partial charge >= 0.3 is 0 Å². The average Bonchev–Trinajstić information content (AvgIpc) is 3.60. The molecule has 5 aromatic rings. The van der Waals surface area contributed by atoms with Gasteiger partial charge < -0.3 is 9.80 Å². The molecule has 1 amide bonds. The van der Waals surface area contributed by atoms with Gasteiger partial charge in [-0.3, -0.25) is 13.7 Å². The molecule has 0 saturated carbocycles. The topological polar surface area (TPSA) is 91.6 Å². The van der Waals surface area contributed by atoms with Crippen LogP contribution < -0.4 is 9.21 Å². The van der Waals surface area contributed by atoms with Gasteiger partial charge in [-0.25, -0.2) is 8.42 Å². The first-order chi connectivity index (χ1) is 20.9. The van der Waals surface area contributed by atoms with Crippen molar-refractivity contribution in [3.05, 3.63) is 132 Å². The second kappa shape index (κ2) is 12.3. The number of piperazine rings is 1. The minimum atomic E-state index is -4.01. The van der Waals surface area contributed by atoms with Crippen LogP contribution in [0.15, 0.2) is 121 Å². The first-order valence-corrected chi connectivity index (χ1v) is 15.6. The molecular formula is C32H29ClN6O3S. The molecule has 0 spiro atoms. The maximum atomic E-state index is 14.0. The smallest absolute Gasteiger partial charge is 0.264 e. The highest BCUT2D eigenvalue weighted by Gasteiger charge is 2.28. The summed E-state index contributed by atoms with van der Waals surface area (Å²) in [6, 6.07) is 30.5. The van der Waals surface area contributed by atoms with Crippen LogP contribution in [-0.2, 0) is 16.6 Å². The van der Waals surface area contributed by atoms with Gasteiger partial charge in [0.1, 0.15) is 12.7 Å². The van der Waals surface area contributed by atoms with Crippen LogP contribution in [0.1, 0.15) is 15.9 Å². The molecule has 11 heteroatoms. The maximum Gasteiger partial charge on any atom is 0.264 e. The molecule has 218 valence electrons.